The number of nitrogens with zero attached hydrogens (tertiary/aromatic N) is 1. The molecule has 0 amide bonds. The Hall–Kier alpha value is -0.890. The van der Waals surface area contributed by atoms with Crippen LogP contribution < -0.4 is 5.32 Å². The largest absolute Gasteiger partial charge is 0.310 e. The van der Waals surface area contributed by atoms with Gasteiger partial charge in [-0.1, -0.05) is 39.2 Å². The predicted molar refractivity (Wildman–Crippen MR) is 76.4 cm³/mol. The van der Waals surface area contributed by atoms with Gasteiger partial charge in [0.15, 0.2) is 0 Å². The molecule has 1 aliphatic carbocycles. The summed E-state index contributed by atoms with van der Waals surface area (Å²) < 4.78 is 0. The molecular formula is C16H26N2. The lowest BCUT2D eigenvalue weighted by Crippen LogP contribution is -2.31. The summed E-state index contributed by atoms with van der Waals surface area (Å²) in [6.45, 7) is 5.57. The highest BCUT2D eigenvalue weighted by Crippen LogP contribution is 2.38. The fourth-order valence-electron chi connectivity index (χ4n) is 3.34. The lowest BCUT2D eigenvalue weighted by Gasteiger charge is -2.35. The van der Waals surface area contributed by atoms with E-state index >= 15 is 0 Å². The van der Waals surface area contributed by atoms with Gasteiger partial charge in [0.05, 0.1) is 0 Å². The number of hydrogen-bond acceptors (Lipinski definition) is 2. The summed E-state index contributed by atoms with van der Waals surface area (Å²) in [5, 5.41) is 3.67. The van der Waals surface area contributed by atoms with Crippen LogP contribution in [0.2, 0.25) is 0 Å². The Morgan fingerprint density at radius 1 is 1.39 bits per heavy atom. The first-order valence-electron chi connectivity index (χ1n) is 7.48. The van der Waals surface area contributed by atoms with E-state index in [0.717, 1.165) is 18.4 Å². The van der Waals surface area contributed by atoms with Gasteiger partial charge < -0.3 is 5.32 Å². The van der Waals surface area contributed by atoms with Crippen molar-refractivity contribution in [1.82, 2.24) is 10.3 Å². The highest BCUT2D eigenvalue weighted by Gasteiger charge is 2.28. The number of nitrogens with one attached hydrogen (secondary N) is 1. The minimum atomic E-state index is 0.498. The highest BCUT2D eigenvalue weighted by molar-refractivity contribution is 5.15. The van der Waals surface area contributed by atoms with Crippen molar-refractivity contribution in [1.29, 1.82) is 0 Å². The van der Waals surface area contributed by atoms with Crippen molar-refractivity contribution in [2.45, 2.75) is 52.0 Å². The van der Waals surface area contributed by atoms with Crippen LogP contribution >= 0.6 is 0 Å². The second-order valence-corrected chi connectivity index (χ2v) is 5.52. The van der Waals surface area contributed by atoms with Gasteiger partial charge in [0.25, 0.3) is 0 Å². The molecule has 0 radical (unpaired) electrons. The minimum absolute atomic E-state index is 0.498. The third kappa shape index (κ3) is 3.32. The molecule has 100 valence electrons. The summed E-state index contributed by atoms with van der Waals surface area (Å²) >= 11 is 0. The van der Waals surface area contributed by atoms with Crippen molar-refractivity contribution >= 4 is 0 Å². The molecule has 1 fully saturated rings. The lowest BCUT2D eigenvalue weighted by atomic mass is 9.75. The fourth-order valence-corrected chi connectivity index (χ4v) is 3.34. The van der Waals surface area contributed by atoms with Crippen molar-refractivity contribution in [3.05, 3.63) is 30.1 Å². The average Bonchev–Trinajstić information content (AvgIpc) is 2.46. The van der Waals surface area contributed by atoms with Crippen molar-refractivity contribution in [3.63, 3.8) is 0 Å². The number of rotatable bonds is 5. The number of hydrogen-bond donors (Lipinski definition) is 1. The molecule has 1 aromatic heterocycles. The number of aromatic nitrogens is 1. The Bertz CT molecular complexity index is 336. The fraction of sp³-hybridized carbons (Fsp3) is 0.688. The van der Waals surface area contributed by atoms with E-state index in [1.807, 2.05) is 12.4 Å². The topological polar surface area (TPSA) is 24.9 Å². The molecule has 1 aromatic rings. The van der Waals surface area contributed by atoms with Crippen LogP contribution in [-0.2, 0) is 0 Å². The molecule has 1 N–H and O–H groups in total. The maximum absolute atomic E-state index is 4.28. The van der Waals surface area contributed by atoms with Crippen molar-refractivity contribution in [2.24, 2.45) is 11.8 Å². The lowest BCUT2D eigenvalue weighted by molar-refractivity contribution is 0.210. The van der Waals surface area contributed by atoms with E-state index < -0.39 is 0 Å². The van der Waals surface area contributed by atoms with Gasteiger partial charge in [-0.15, -0.1) is 0 Å². The molecule has 0 bridgehead atoms. The monoisotopic (exact) mass is 246 g/mol. The minimum Gasteiger partial charge on any atom is -0.310 e. The molecule has 1 aliphatic rings. The Balaban J connectivity index is 2.09. The Kier molecular flexibility index (Phi) is 5.18. The van der Waals surface area contributed by atoms with Crippen LogP contribution in [0.4, 0.5) is 0 Å². The van der Waals surface area contributed by atoms with Gasteiger partial charge in [-0.25, -0.2) is 0 Å². The summed E-state index contributed by atoms with van der Waals surface area (Å²) in [7, 11) is 0. The molecule has 0 spiro atoms. The molecule has 1 saturated carbocycles. The summed E-state index contributed by atoms with van der Waals surface area (Å²) in [6, 6.07) is 4.77. The number of pyridine rings is 1. The molecular weight excluding hydrogens is 220 g/mol. The highest BCUT2D eigenvalue weighted by atomic mass is 14.9. The van der Waals surface area contributed by atoms with Crippen LogP contribution in [0.25, 0.3) is 0 Å². The van der Waals surface area contributed by atoms with Crippen LogP contribution in [0.3, 0.4) is 0 Å². The molecule has 2 rings (SSSR count). The van der Waals surface area contributed by atoms with Gasteiger partial charge >= 0.3 is 0 Å². The molecule has 3 atom stereocenters. The first kappa shape index (κ1) is 13.5. The van der Waals surface area contributed by atoms with E-state index in [0.29, 0.717) is 6.04 Å². The van der Waals surface area contributed by atoms with Gasteiger partial charge in [0.2, 0.25) is 0 Å². The van der Waals surface area contributed by atoms with Crippen LogP contribution in [0.15, 0.2) is 24.5 Å². The van der Waals surface area contributed by atoms with Crippen LogP contribution in [0, 0.1) is 11.8 Å². The van der Waals surface area contributed by atoms with E-state index in [2.05, 4.69) is 36.3 Å². The van der Waals surface area contributed by atoms with Gasteiger partial charge in [-0.3, -0.25) is 4.98 Å². The summed E-state index contributed by atoms with van der Waals surface area (Å²) in [5.41, 5.74) is 1.36. The SMILES string of the molecule is CCNC(c1cccnc1)C1CCCC(CC)C1. The quantitative estimate of drug-likeness (QED) is 0.851. The summed E-state index contributed by atoms with van der Waals surface area (Å²) in [5.74, 6) is 1.72. The normalized spacial score (nSPS) is 25.9. The van der Waals surface area contributed by atoms with Crippen molar-refractivity contribution in [2.75, 3.05) is 6.54 Å². The second-order valence-electron chi connectivity index (χ2n) is 5.52. The van der Waals surface area contributed by atoms with Crippen molar-refractivity contribution in [3.8, 4) is 0 Å². The van der Waals surface area contributed by atoms with Crippen LogP contribution in [0.5, 0.6) is 0 Å². The molecule has 1 heterocycles. The maximum Gasteiger partial charge on any atom is 0.0363 e. The average molecular weight is 246 g/mol. The van der Waals surface area contributed by atoms with E-state index in [9.17, 15) is 0 Å². The molecule has 0 aliphatic heterocycles. The van der Waals surface area contributed by atoms with E-state index in [4.69, 9.17) is 0 Å². The molecule has 3 unspecified atom stereocenters. The third-order valence-corrected chi connectivity index (χ3v) is 4.34. The van der Waals surface area contributed by atoms with Crippen LogP contribution in [-0.4, -0.2) is 11.5 Å². The molecule has 0 saturated heterocycles. The van der Waals surface area contributed by atoms with E-state index in [1.165, 1.54) is 37.7 Å². The van der Waals surface area contributed by atoms with E-state index in [1.54, 1.807) is 0 Å². The van der Waals surface area contributed by atoms with Gasteiger partial charge in [0.1, 0.15) is 0 Å². The Morgan fingerprint density at radius 2 is 2.28 bits per heavy atom. The molecule has 2 nitrogen and oxygen atoms in total. The maximum atomic E-state index is 4.28. The smallest absolute Gasteiger partial charge is 0.0363 e. The zero-order chi connectivity index (χ0) is 12.8. The molecule has 2 heteroatoms. The predicted octanol–water partition coefficient (Wildman–Crippen LogP) is 3.95. The molecule has 0 aromatic carbocycles. The Morgan fingerprint density at radius 3 is 2.94 bits per heavy atom. The zero-order valence-electron chi connectivity index (χ0n) is 11.7. The first-order chi connectivity index (χ1) is 8.85. The summed E-state index contributed by atoms with van der Waals surface area (Å²) in [4.78, 5) is 4.28. The van der Waals surface area contributed by atoms with Gasteiger partial charge in [-0.05, 0) is 42.9 Å². The molecule has 18 heavy (non-hydrogen) atoms. The van der Waals surface area contributed by atoms with Gasteiger partial charge in [-0.2, -0.15) is 0 Å². The second kappa shape index (κ2) is 6.89. The Labute approximate surface area is 111 Å². The standard InChI is InChI=1S/C16H26N2/c1-3-13-7-5-8-14(11-13)16(18-4-2)15-9-6-10-17-12-15/h6,9-10,12-14,16,18H,3-5,7-8,11H2,1-2H3. The third-order valence-electron chi connectivity index (χ3n) is 4.34. The summed E-state index contributed by atoms with van der Waals surface area (Å²) in [6.07, 6.45) is 10.8. The zero-order valence-corrected chi connectivity index (χ0v) is 11.7. The first-order valence-corrected chi connectivity index (χ1v) is 7.48. The van der Waals surface area contributed by atoms with Crippen molar-refractivity contribution < 1.29 is 0 Å². The van der Waals surface area contributed by atoms with E-state index in [-0.39, 0.29) is 0 Å². The van der Waals surface area contributed by atoms with Crippen LogP contribution in [0.1, 0.15) is 57.6 Å². The van der Waals surface area contributed by atoms with Gasteiger partial charge in [0, 0.05) is 18.4 Å².